The summed E-state index contributed by atoms with van der Waals surface area (Å²) in [5.41, 5.74) is -0.160. The van der Waals surface area contributed by atoms with Crippen LogP contribution in [0.5, 0.6) is 5.88 Å². The summed E-state index contributed by atoms with van der Waals surface area (Å²) in [6.07, 6.45) is 0.127. The fraction of sp³-hybridized carbons (Fsp3) is 0.389. The van der Waals surface area contributed by atoms with Crippen LogP contribution < -0.4 is 4.74 Å². The molecule has 1 saturated heterocycles. The van der Waals surface area contributed by atoms with Crippen molar-refractivity contribution in [1.82, 2.24) is 14.9 Å². The van der Waals surface area contributed by atoms with E-state index in [0.717, 1.165) is 25.0 Å². The Hall–Kier alpha value is -2.64. The number of hydrogen-bond donors (Lipinski definition) is 0. The number of carbonyl (C=O) groups excluding carboxylic acids is 1. The second kappa shape index (κ2) is 7.72. The van der Waals surface area contributed by atoms with Gasteiger partial charge in [0.1, 0.15) is 12.4 Å². The molecule has 0 aliphatic carbocycles. The van der Waals surface area contributed by atoms with E-state index in [2.05, 4.69) is 9.97 Å². The van der Waals surface area contributed by atoms with Gasteiger partial charge in [-0.3, -0.25) is 4.79 Å². The molecule has 8 heteroatoms. The molecule has 1 unspecified atom stereocenters. The van der Waals surface area contributed by atoms with Gasteiger partial charge in [-0.05, 0) is 30.5 Å². The zero-order valence-corrected chi connectivity index (χ0v) is 13.9. The van der Waals surface area contributed by atoms with Gasteiger partial charge in [0.2, 0.25) is 11.8 Å². The molecule has 2 heterocycles. The average Bonchev–Trinajstić information content (AvgIpc) is 2.62. The Balaban J connectivity index is 1.57. The van der Waals surface area contributed by atoms with Crippen molar-refractivity contribution in [2.75, 3.05) is 13.1 Å². The SMILES string of the molecule is O=C(Cc1ccc(C(F)(F)F)cc1)N1CCCC(Oc2ccncn2)C1. The maximum atomic E-state index is 12.6. The molecule has 1 amide bonds. The predicted molar refractivity (Wildman–Crippen MR) is 87.4 cm³/mol. The van der Waals surface area contributed by atoms with Crippen LogP contribution in [-0.2, 0) is 17.4 Å². The Morgan fingerprint density at radius 3 is 2.65 bits per heavy atom. The summed E-state index contributed by atoms with van der Waals surface area (Å²) in [7, 11) is 0. The molecule has 26 heavy (non-hydrogen) atoms. The number of aromatic nitrogens is 2. The van der Waals surface area contributed by atoms with Gasteiger partial charge in [-0.25, -0.2) is 9.97 Å². The summed E-state index contributed by atoms with van der Waals surface area (Å²) in [4.78, 5) is 22.0. The molecule has 1 fully saturated rings. The monoisotopic (exact) mass is 365 g/mol. The number of piperidine rings is 1. The van der Waals surface area contributed by atoms with Gasteiger partial charge in [0.15, 0.2) is 0 Å². The minimum Gasteiger partial charge on any atom is -0.472 e. The molecule has 0 radical (unpaired) electrons. The number of benzene rings is 1. The van der Waals surface area contributed by atoms with Gasteiger partial charge < -0.3 is 9.64 Å². The zero-order valence-electron chi connectivity index (χ0n) is 13.9. The quantitative estimate of drug-likeness (QED) is 0.836. The van der Waals surface area contributed by atoms with Crippen LogP contribution in [-0.4, -0.2) is 40.0 Å². The van der Waals surface area contributed by atoms with Gasteiger partial charge in [-0.15, -0.1) is 0 Å². The molecular weight excluding hydrogens is 347 g/mol. The summed E-state index contributed by atoms with van der Waals surface area (Å²) in [6.45, 7) is 1.05. The van der Waals surface area contributed by atoms with E-state index < -0.39 is 11.7 Å². The number of rotatable bonds is 4. The second-order valence-corrected chi connectivity index (χ2v) is 6.14. The summed E-state index contributed by atoms with van der Waals surface area (Å²) in [5.74, 6) is 0.336. The highest BCUT2D eigenvalue weighted by molar-refractivity contribution is 5.79. The number of amides is 1. The third kappa shape index (κ3) is 4.71. The van der Waals surface area contributed by atoms with Crippen molar-refractivity contribution in [2.45, 2.75) is 31.5 Å². The van der Waals surface area contributed by atoms with Crippen molar-refractivity contribution in [3.63, 3.8) is 0 Å². The topological polar surface area (TPSA) is 55.3 Å². The summed E-state index contributed by atoms with van der Waals surface area (Å²) < 4.78 is 43.6. The lowest BCUT2D eigenvalue weighted by molar-refractivity contribution is -0.137. The predicted octanol–water partition coefficient (Wildman–Crippen LogP) is 3.11. The molecule has 1 aliphatic heterocycles. The molecule has 0 bridgehead atoms. The third-order valence-corrected chi connectivity index (χ3v) is 4.21. The maximum absolute atomic E-state index is 12.6. The Kier molecular flexibility index (Phi) is 5.39. The third-order valence-electron chi connectivity index (χ3n) is 4.21. The molecule has 1 aromatic carbocycles. The fourth-order valence-electron chi connectivity index (χ4n) is 2.88. The first-order valence-corrected chi connectivity index (χ1v) is 8.28. The van der Waals surface area contributed by atoms with Crippen LogP contribution in [0.15, 0.2) is 42.9 Å². The lowest BCUT2D eigenvalue weighted by Crippen LogP contribution is -2.45. The minimum atomic E-state index is -4.37. The normalized spacial score (nSPS) is 17.8. The number of halogens is 3. The van der Waals surface area contributed by atoms with Gasteiger partial charge >= 0.3 is 6.18 Å². The van der Waals surface area contributed by atoms with E-state index in [1.54, 1.807) is 17.2 Å². The molecule has 0 N–H and O–H groups in total. The average molecular weight is 365 g/mol. The van der Waals surface area contributed by atoms with E-state index in [0.29, 0.717) is 24.5 Å². The van der Waals surface area contributed by atoms with Crippen LogP contribution in [0.4, 0.5) is 13.2 Å². The lowest BCUT2D eigenvalue weighted by Gasteiger charge is -2.32. The standard InChI is InChI=1S/C18H18F3N3O2/c19-18(20,21)14-5-3-13(4-6-14)10-17(25)24-9-1-2-15(11-24)26-16-7-8-22-12-23-16/h3-8,12,15H,1-2,9-11H2. The Morgan fingerprint density at radius 1 is 1.23 bits per heavy atom. The van der Waals surface area contributed by atoms with Gasteiger partial charge in [-0.1, -0.05) is 12.1 Å². The van der Waals surface area contributed by atoms with Gasteiger partial charge in [0.25, 0.3) is 0 Å². The molecule has 1 aromatic heterocycles. The number of ether oxygens (including phenoxy) is 1. The first-order chi connectivity index (χ1) is 12.4. The lowest BCUT2D eigenvalue weighted by atomic mass is 10.1. The molecule has 138 valence electrons. The van der Waals surface area contributed by atoms with Crippen molar-refractivity contribution < 1.29 is 22.7 Å². The number of alkyl halides is 3. The minimum absolute atomic E-state index is 0.0678. The van der Waals surface area contributed by atoms with E-state index in [4.69, 9.17) is 4.74 Å². The second-order valence-electron chi connectivity index (χ2n) is 6.14. The Labute approximate surface area is 148 Å². The Morgan fingerprint density at radius 2 is 2.00 bits per heavy atom. The largest absolute Gasteiger partial charge is 0.472 e. The van der Waals surface area contributed by atoms with E-state index >= 15 is 0 Å². The van der Waals surface area contributed by atoms with Crippen LogP contribution in [0.25, 0.3) is 0 Å². The summed E-state index contributed by atoms with van der Waals surface area (Å²) >= 11 is 0. The highest BCUT2D eigenvalue weighted by atomic mass is 19.4. The molecular formula is C18H18F3N3O2. The maximum Gasteiger partial charge on any atom is 0.416 e. The van der Waals surface area contributed by atoms with Crippen LogP contribution >= 0.6 is 0 Å². The van der Waals surface area contributed by atoms with Crippen molar-refractivity contribution in [3.05, 3.63) is 54.0 Å². The van der Waals surface area contributed by atoms with Crippen molar-refractivity contribution in [3.8, 4) is 5.88 Å². The van der Waals surface area contributed by atoms with Crippen molar-refractivity contribution in [1.29, 1.82) is 0 Å². The molecule has 1 aliphatic rings. The van der Waals surface area contributed by atoms with E-state index in [-0.39, 0.29) is 18.4 Å². The van der Waals surface area contributed by atoms with E-state index in [9.17, 15) is 18.0 Å². The van der Waals surface area contributed by atoms with Gasteiger partial charge in [-0.2, -0.15) is 13.2 Å². The summed E-state index contributed by atoms with van der Waals surface area (Å²) in [6, 6.07) is 6.35. The number of nitrogens with zero attached hydrogens (tertiary/aromatic N) is 3. The van der Waals surface area contributed by atoms with Crippen LogP contribution in [0.1, 0.15) is 24.0 Å². The number of hydrogen-bond acceptors (Lipinski definition) is 4. The molecule has 2 aromatic rings. The fourth-order valence-corrected chi connectivity index (χ4v) is 2.88. The number of carbonyl (C=O) groups is 1. The number of likely N-dealkylation sites (tertiary alicyclic amines) is 1. The molecule has 3 rings (SSSR count). The summed E-state index contributed by atoms with van der Waals surface area (Å²) in [5, 5.41) is 0. The van der Waals surface area contributed by atoms with Crippen molar-refractivity contribution >= 4 is 5.91 Å². The van der Waals surface area contributed by atoms with Gasteiger partial charge in [0, 0.05) is 18.8 Å². The highest BCUT2D eigenvalue weighted by Gasteiger charge is 2.30. The zero-order chi connectivity index (χ0) is 18.6. The highest BCUT2D eigenvalue weighted by Crippen LogP contribution is 2.29. The Bertz CT molecular complexity index is 736. The first-order valence-electron chi connectivity index (χ1n) is 8.28. The first kappa shape index (κ1) is 18.2. The van der Waals surface area contributed by atoms with Gasteiger partial charge in [0.05, 0.1) is 18.5 Å². The molecule has 0 spiro atoms. The van der Waals surface area contributed by atoms with Crippen molar-refractivity contribution in [2.24, 2.45) is 0 Å². The van der Waals surface area contributed by atoms with Crippen LogP contribution in [0.2, 0.25) is 0 Å². The molecule has 5 nitrogen and oxygen atoms in total. The van der Waals surface area contributed by atoms with E-state index in [1.807, 2.05) is 0 Å². The van der Waals surface area contributed by atoms with E-state index in [1.165, 1.54) is 18.5 Å². The molecule has 1 atom stereocenters. The van der Waals surface area contributed by atoms with Crippen LogP contribution in [0.3, 0.4) is 0 Å². The van der Waals surface area contributed by atoms with Crippen LogP contribution in [0, 0.1) is 0 Å². The smallest absolute Gasteiger partial charge is 0.416 e. The molecule has 0 saturated carbocycles.